The van der Waals surface area contributed by atoms with E-state index in [2.05, 4.69) is 4.74 Å². The second-order valence-corrected chi connectivity index (χ2v) is 4.74. The highest BCUT2D eigenvalue weighted by Crippen LogP contribution is 2.17. The maximum atomic E-state index is 12.1. The fraction of sp³-hybridized carbons (Fsp3) is 0.467. The zero-order valence-corrected chi connectivity index (χ0v) is 11.8. The normalized spacial score (nSPS) is 12.1. The molecule has 0 aliphatic rings. The lowest BCUT2D eigenvalue weighted by Crippen LogP contribution is -2.16. The summed E-state index contributed by atoms with van der Waals surface area (Å²) >= 11 is 0. The molecule has 0 bridgehead atoms. The van der Waals surface area contributed by atoms with E-state index < -0.39 is 0 Å². The van der Waals surface area contributed by atoms with Gasteiger partial charge in [-0.25, -0.2) is 0 Å². The number of hydrogen-bond acceptors (Lipinski definition) is 4. The highest BCUT2D eigenvalue weighted by Gasteiger charge is 2.18. The number of ether oxygens (including phenoxy) is 2. The summed E-state index contributed by atoms with van der Waals surface area (Å²) in [5, 5.41) is 0. The summed E-state index contributed by atoms with van der Waals surface area (Å²) < 4.78 is 10.1. The van der Waals surface area contributed by atoms with Crippen LogP contribution >= 0.6 is 0 Å². The zero-order chi connectivity index (χ0) is 14.4. The zero-order valence-electron chi connectivity index (χ0n) is 11.8. The molecule has 104 valence electrons. The Kier molecular flexibility index (Phi) is 5.55. The van der Waals surface area contributed by atoms with Gasteiger partial charge in [-0.2, -0.15) is 0 Å². The average Bonchev–Trinajstić information content (AvgIpc) is 2.37. The van der Waals surface area contributed by atoms with E-state index in [1.54, 1.807) is 31.2 Å². The van der Waals surface area contributed by atoms with Crippen LogP contribution in [0, 0.1) is 5.92 Å². The summed E-state index contributed by atoms with van der Waals surface area (Å²) in [4.78, 5) is 23.2. The van der Waals surface area contributed by atoms with Crippen molar-refractivity contribution >= 4 is 11.8 Å². The molecule has 0 aromatic heterocycles. The molecule has 0 heterocycles. The fourth-order valence-electron chi connectivity index (χ4n) is 1.68. The van der Waals surface area contributed by atoms with Crippen molar-refractivity contribution in [3.05, 3.63) is 29.8 Å². The summed E-state index contributed by atoms with van der Waals surface area (Å²) in [6.07, 6.45) is 0.194. The first kappa shape index (κ1) is 15.2. The van der Waals surface area contributed by atoms with Gasteiger partial charge in [-0.3, -0.25) is 9.59 Å². The van der Waals surface area contributed by atoms with Gasteiger partial charge in [-0.1, -0.05) is 6.92 Å². The quantitative estimate of drug-likeness (QED) is 0.585. The van der Waals surface area contributed by atoms with Gasteiger partial charge in [0.05, 0.1) is 19.6 Å². The van der Waals surface area contributed by atoms with Crippen LogP contribution < -0.4 is 4.74 Å². The average molecular weight is 264 g/mol. The number of rotatable bonds is 6. The van der Waals surface area contributed by atoms with Crippen LogP contribution in [0.5, 0.6) is 5.75 Å². The first-order valence-corrected chi connectivity index (χ1v) is 6.31. The van der Waals surface area contributed by atoms with Gasteiger partial charge in [0.2, 0.25) is 0 Å². The minimum atomic E-state index is -0.385. The minimum Gasteiger partial charge on any atom is -0.491 e. The number of carbonyl (C=O) groups excluding carboxylic acids is 2. The molecule has 0 radical (unpaired) electrons. The summed E-state index contributed by atoms with van der Waals surface area (Å²) in [6.45, 7) is 5.60. The van der Waals surface area contributed by atoms with Crippen molar-refractivity contribution in [2.75, 3.05) is 7.11 Å². The van der Waals surface area contributed by atoms with E-state index in [1.807, 2.05) is 13.8 Å². The topological polar surface area (TPSA) is 52.6 Å². The Morgan fingerprint density at radius 1 is 1.11 bits per heavy atom. The molecule has 1 rings (SSSR count). The van der Waals surface area contributed by atoms with E-state index in [4.69, 9.17) is 4.74 Å². The number of ketones is 1. The van der Waals surface area contributed by atoms with Gasteiger partial charge in [0.1, 0.15) is 5.75 Å². The van der Waals surface area contributed by atoms with E-state index >= 15 is 0 Å². The van der Waals surface area contributed by atoms with Gasteiger partial charge in [0.25, 0.3) is 0 Å². The molecule has 4 heteroatoms. The van der Waals surface area contributed by atoms with Crippen molar-refractivity contribution in [1.82, 2.24) is 0 Å². The molecular weight excluding hydrogens is 244 g/mol. The van der Waals surface area contributed by atoms with Crippen molar-refractivity contribution in [2.45, 2.75) is 33.3 Å². The van der Waals surface area contributed by atoms with Gasteiger partial charge in [-0.05, 0) is 38.1 Å². The third-order valence-electron chi connectivity index (χ3n) is 2.66. The largest absolute Gasteiger partial charge is 0.491 e. The maximum Gasteiger partial charge on any atom is 0.306 e. The first-order chi connectivity index (χ1) is 8.93. The number of hydrogen-bond donors (Lipinski definition) is 0. The Bertz CT molecular complexity index is 434. The number of esters is 1. The predicted octanol–water partition coefficient (Wildman–Crippen LogP) is 2.86. The van der Waals surface area contributed by atoms with Gasteiger partial charge in [0.15, 0.2) is 5.78 Å². The summed E-state index contributed by atoms with van der Waals surface area (Å²) in [5.41, 5.74) is 0.576. The molecule has 1 unspecified atom stereocenters. The highest BCUT2D eigenvalue weighted by molar-refractivity contribution is 5.99. The predicted molar refractivity (Wildman–Crippen MR) is 72.3 cm³/mol. The first-order valence-electron chi connectivity index (χ1n) is 6.31. The van der Waals surface area contributed by atoms with Crippen molar-refractivity contribution < 1.29 is 19.1 Å². The molecule has 0 spiro atoms. The van der Waals surface area contributed by atoms with Gasteiger partial charge in [0, 0.05) is 11.5 Å². The molecule has 0 fully saturated rings. The number of Topliss-reactive ketones (excluding diaryl/α,β-unsaturated/α-hetero) is 1. The van der Waals surface area contributed by atoms with Crippen LogP contribution in [-0.2, 0) is 9.53 Å². The Hall–Kier alpha value is -1.84. The molecule has 1 aromatic rings. The molecule has 19 heavy (non-hydrogen) atoms. The standard InChI is InChI=1S/C15H20O4/c1-10(2)19-13-7-5-12(6-8-13)15(17)11(3)9-14(16)18-4/h5-8,10-11H,9H2,1-4H3. The van der Waals surface area contributed by atoms with Crippen molar-refractivity contribution in [2.24, 2.45) is 5.92 Å². The van der Waals surface area contributed by atoms with E-state index in [-0.39, 0.29) is 30.2 Å². The molecule has 0 saturated heterocycles. The molecule has 0 saturated carbocycles. The van der Waals surface area contributed by atoms with Crippen molar-refractivity contribution in [3.63, 3.8) is 0 Å². The molecule has 1 atom stereocenters. The van der Waals surface area contributed by atoms with Crippen LogP contribution in [0.25, 0.3) is 0 Å². The Balaban J connectivity index is 2.69. The lowest BCUT2D eigenvalue weighted by Gasteiger charge is -2.11. The smallest absolute Gasteiger partial charge is 0.306 e. The fourth-order valence-corrected chi connectivity index (χ4v) is 1.68. The number of carbonyl (C=O) groups is 2. The molecule has 0 aliphatic carbocycles. The van der Waals surface area contributed by atoms with Crippen LogP contribution in [0.1, 0.15) is 37.6 Å². The molecule has 0 amide bonds. The second kappa shape index (κ2) is 6.92. The Labute approximate surface area is 113 Å². The highest BCUT2D eigenvalue weighted by atomic mass is 16.5. The van der Waals surface area contributed by atoms with Crippen molar-refractivity contribution in [1.29, 1.82) is 0 Å². The van der Waals surface area contributed by atoms with E-state index in [0.717, 1.165) is 5.75 Å². The molecular formula is C15H20O4. The summed E-state index contributed by atoms with van der Waals surface area (Å²) in [7, 11) is 1.32. The SMILES string of the molecule is COC(=O)CC(C)C(=O)c1ccc(OC(C)C)cc1. The lowest BCUT2D eigenvalue weighted by molar-refractivity contribution is -0.141. The van der Waals surface area contributed by atoms with E-state index in [0.29, 0.717) is 5.56 Å². The maximum absolute atomic E-state index is 12.1. The number of methoxy groups -OCH3 is 1. The van der Waals surface area contributed by atoms with E-state index in [9.17, 15) is 9.59 Å². The third-order valence-corrected chi connectivity index (χ3v) is 2.66. The van der Waals surface area contributed by atoms with Crippen LogP contribution in [0.3, 0.4) is 0 Å². The number of benzene rings is 1. The minimum absolute atomic E-state index is 0.0681. The molecule has 0 aliphatic heterocycles. The lowest BCUT2D eigenvalue weighted by atomic mass is 9.96. The van der Waals surface area contributed by atoms with Crippen LogP contribution in [-0.4, -0.2) is 25.0 Å². The van der Waals surface area contributed by atoms with Gasteiger partial charge >= 0.3 is 5.97 Å². The van der Waals surface area contributed by atoms with Gasteiger partial charge < -0.3 is 9.47 Å². The van der Waals surface area contributed by atoms with Crippen molar-refractivity contribution in [3.8, 4) is 5.75 Å². The third kappa shape index (κ3) is 4.73. The van der Waals surface area contributed by atoms with Crippen LogP contribution in [0.2, 0.25) is 0 Å². The molecule has 1 aromatic carbocycles. The summed E-state index contributed by atoms with van der Waals surface area (Å²) in [6, 6.07) is 6.96. The van der Waals surface area contributed by atoms with Crippen LogP contribution in [0.15, 0.2) is 24.3 Å². The monoisotopic (exact) mass is 264 g/mol. The molecule has 4 nitrogen and oxygen atoms in total. The summed E-state index contributed by atoms with van der Waals surface area (Å²) in [5.74, 6) is -0.0985. The molecule has 0 N–H and O–H groups in total. The second-order valence-electron chi connectivity index (χ2n) is 4.74. The van der Waals surface area contributed by atoms with Crippen LogP contribution in [0.4, 0.5) is 0 Å². The van der Waals surface area contributed by atoms with E-state index in [1.165, 1.54) is 7.11 Å². The van der Waals surface area contributed by atoms with Gasteiger partial charge in [-0.15, -0.1) is 0 Å². The Morgan fingerprint density at radius 3 is 2.16 bits per heavy atom. The Morgan fingerprint density at radius 2 is 1.68 bits per heavy atom.